The molecule has 0 saturated heterocycles. The molecule has 2 aromatic carbocycles. The number of halogens is 1. The van der Waals surface area contributed by atoms with E-state index in [1.165, 1.54) is 6.07 Å². The van der Waals surface area contributed by atoms with E-state index in [-0.39, 0.29) is 12.4 Å². The van der Waals surface area contributed by atoms with Crippen LogP contribution in [-0.2, 0) is 6.61 Å². The van der Waals surface area contributed by atoms with Gasteiger partial charge < -0.3 is 10.1 Å². The van der Waals surface area contributed by atoms with E-state index in [9.17, 15) is 4.39 Å². The molecule has 0 atom stereocenters. The number of benzene rings is 2. The van der Waals surface area contributed by atoms with E-state index in [0.29, 0.717) is 23.0 Å². The third-order valence-electron chi connectivity index (χ3n) is 3.04. The number of ether oxygens (including phenoxy) is 1. The highest BCUT2D eigenvalue weighted by molar-refractivity contribution is 7.80. The fourth-order valence-electron chi connectivity index (χ4n) is 1.86. The highest BCUT2D eigenvalue weighted by Gasteiger charge is 2.03. The summed E-state index contributed by atoms with van der Waals surface area (Å²) < 4.78 is 19.2. The molecule has 0 fully saturated rings. The zero-order valence-corrected chi connectivity index (χ0v) is 13.9. The summed E-state index contributed by atoms with van der Waals surface area (Å²) >= 11 is 5.06. The van der Waals surface area contributed by atoms with Crippen LogP contribution < -0.4 is 20.6 Å². The molecule has 24 heavy (non-hydrogen) atoms. The summed E-state index contributed by atoms with van der Waals surface area (Å²) in [4.78, 5) is 0. The van der Waals surface area contributed by atoms with Crippen molar-refractivity contribution in [2.24, 2.45) is 0 Å². The van der Waals surface area contributed by atoms with Crippen molar-refractivity contribution in [1.82, 2.24) is 10.7 Å². The Labute approximate surface area is 146 Å². The molecule has 3 N–H and O–H groups in total. The molecule has 0 aliphatic heterocycles. The lowest BCUT2D eigenvalue weighted by molar-refractivity contribution is -0.500. The first kappa shape index (κ1) is 17.6. The van der Waals surface area contributed by atoms with Crippen molar-refractivity contribution in [3.63, 3.8) is 0 Å². The monoisotopic (exact) mass is 344 g/mol. The fraction of sp³-hybridized carbons (Fsp3) is 0.111. The number of nitrogens with one attached hydrogen (secondary N) is 3. The Balaban J connectivity index is 1.90. The lowest BCUT2D eigenvalue weighted by Crippen LogP contribution is -2.82. The quantitative estimate of drug-likeness (QED) is 0.308. The Bertz CT molecular complexity index is 734. The number of rotatable bonds is 7. The fourth-order valence-corrected chi connectivity index (χ4v) is 2.01. The second kappa shape index (κ2) is 9.42. The smallest absolute Gasteiger partial charge is 0.224 e. The van der Waals surface area contributed by atoms with Crippen LogP contribution in [0.5, 0.6) is 5.75 Å². The summed E-state index contributed by atoms with van der Waals surface area (Å²) in [5.41, 5.74) is 4.24. The maximum absolute atomic E-state index is 13.6. The second-order valence-corrected chi connectivity index (χ2v) is 5.27. The predicted octanol–water partition coefficient (Wildman–Crippen LogP) is 1.47. The molecule has 0 bridgehead atoms. The summed E-state index contributed by atoms with van der Waals surface area (Å²) in [7, 11) is 0. The van der Waals surface area contributed by atoms with Crippen LogP contribution in [0.25, 0.3) is 0 Å². The molecule has 2 aromatic rings. The topological polar surface area (TPSA) is 47.3 Å². The highest BCUT2D eigenvalue weighted by atomic mass is 32.1. The Morgan fingerprint density at radius 1 is 1.25 bits per heavy atom. The molecule has 124 valence electrons. The third kappa shape index (κ3) is 5.81. The van der Waals surface area contributed by atoms with Gasteiger partial charge in [-0.3, -0.25) is 0 Å². The Morgan fingerprint density at radius 2 is 2.08 bits per heavy atom. The van der Waals surface area contributed by atoms with E-state index in [4.69, 9.17) is 17.0 Å². The van der Waals surface area contributed by atoms with Gasteiger partial charge in [0.1, 0.15) is 18.2 Å². The Kier molecular flexibility index (Phi) is 6.91. The van der Waals surface area contributed by atoms with E-state index in [1.54, 1.807) is 30.5 Å². The van der Waals surface area contributed by atoms with Crippen molar-refractivity contribution in [2.75, 3.05) is 6.54 Å². The molecule has 0 radical (unpaired) electrons. The molecule has 0 aromatic heterocycles. The lowest BCUT2D eigenvalue weighted by Gasteiger charge is -2.07. The van der Waals surface area contributed by atoms with Gasteiger partial charge in [-0.05, 0) is 36.5 Å². The van der Waals surface area contributed by atoms with E-state index < -0.39 is 0 Å². The van der Waals surface area contributed by atoms with Gasteiger partial charge >= 0.3 is 0 Å². The minimum atomic E-state index is -0.272. The molecule has 0 unspecified atom stereocenters. The number of hydrogen-bond donors (Lipinski definition) is 3. The average Bonchev–Trinajstić information content (AvgIpc) is 2.60. The summed E-state index contributed by atoms with van der Waals surface area (Å²) in [6, 6.07) is 14.0. The van der Waals surface area contributed by atoms with Gasteiger partial charge in [-0.15, -0.1) is 17.1 Å². The molecule has 0 heterocycles. The van der Waals surface area contributed by atoms with E-state index in [1.807, 2.05) is 24.3 Å². The molecule has 0 aliphatic carbocycles. The minimum Gasteiger partial charge on any atom is -0.489 e. The average molecular weight is 344 g/mol. The summed E-state index contributed by atoms with van der Waals surface area (Å²) in [6.45, 7) is 4.37. The molecule has 0 aliphatic rings. The number of thiocarbonyl (C=S) groups is 1. The van der Waals surface area contributed by atoms with Gasteiger partial charge in [-0.2, -0.15) is 0 Å². The lowest BCUT2D eigenvalue weighted by atomic mass is 10.2. The highest BCUT2D eigenvalue weighted by Crippen LogP contribution is 2.15. The molecular weight excluding hydrogens is 325 g/mol. The van der Waals surface area contributed by atoms with Crippen LogP contribution in [0.15, 0.2) is 61.2 Å². The first-order valence-electron chi connectivity index (χ1n) is 7.39. The van der Waals surface area contributed by atoms with E-state index in [2.05, 4.69) is 22.4 Å². The summed E-state index contributed by atoms with van der Waals surface area (Å²) in [5.74, 6) is 0.382. The molecule has 0 saturated carbocycles. The maximum Gasteiger partial charge on any atom is 0.224 e. The van der Waals surface area contributed by atoms with Crippen molar-refractivity contribution < 1.29 is 14.2 Å². The van der Waals surface area contributed by atoms with Gasteiger partial charge in [0.15, 0.2) is 6.21 Å². The summed E-state index contributed by atoms with van der Waals surface area (Å²) in [6.07, 6.45) is 3.46. The van der Waals surface area contributed by atoms with Crippen LogP contribution in [0, 0.1) is 5.82 Å². The normalized spacial score (nSPS) is 10.4. The van der Waals surface area contributed by atoms with Gasteiger partial charge in [0.25, 0.3) is 0 Å². The molecular formula is C18H19FN3OS+. The Hall–Kier alpha value is -2.73. The zero-order chi connectivity index (χ0) is 17.2. The third-order valence-corrected chi connectivity index (χ3v) is 3.29. The molecule has 0 amide bonds. The maximum atomic E-state index is 13.6. The number of hydrazine groups is 1. The van der Waals surface area contributed by atoms with Crippen LogP contribution in [-0.4, -0.2) is 17.9 Å². The number of hydrazone groups is 1. The molecule has 6 heteroatoms. The van der Waals surface area contributed by atoms with Gasteiger partial charge in [0.05, 0.1) is 0 Å². The van der Waals surface area contributed by atoms with Gasteiger partial charge in [0, 0.05) is 17.7 Å². The van der Waals surface area contributed by atoms with Crippen molar-refractivity contribution in [3.8, 4) is 5.75 Å². The van der Waals surface area contributed by atoms with E-state index >= 15 is 0 Å². The van der Waals surface area contributed by atoms with Crippen molar-refractivity contribution in [2.45, 2.75) is 6.61 Å². The Morgan fingerprint density at radius 3 is 2.88 bits per heavy atom. The molecule has 0 spiro atoms. The number of hydrogen-bond acceptors (Lipinski definition) is 2. The van der Waals surface area contributed by atoms with Gasteiger partial charge in [-0.1, -0.05) is 30.3 Å². The molecule has 4 nitrogen and oxygen atoms in total. The van der Waals surface area contributed by atoms with Crippen molar-refractivity contribution in [3.05, 3.63) is 78.1 Å². The van der Waals surface area contributed by atoms with Crippen LogP contribution in [0.2, 0.25) is 0 Å². The molecule has 2 rings (SSSR count). The summed E-state index contributed by atoms with van der Waals surface area (Å²) in [5, 5.41) is 6.30. The SMILES string of the molecule is C=CCNC(=S)N[NH+]=Cc1cccc(OCc2ccccc2F)c1. The van der Waals surface area contributed by atoms with Crippen LogP contribution in [0.3, 0.4) is 0 Å². The van der Waals surface area contributed by atoms with Gasteiger partial charge in [0.2, 0.25) is 5.11 Å². The van der Waals surface area contributed by atoms with Crippen LogP contribution in [0.4, 0.5) is 4.39 Å². The largest absolute Gasteiger partial charge is 0.489 e. The van der Waals surface area contributed by atoms with Crippen LogP contribution in [0.1, 0.15) is 11.1 Å². The standard InChI is InChI=1S/C18H18FN3OS/c1-2-10-20-18(24)22-21-12-14-6-5-8-16(11-14)23-13-15-7-3-4-9-17(15)19/h2-9,11-12H,1,10,13H2,(H2,20,22,24)/p+1. The van der Waals surface area contributed by atoms with Gasteiger partial charge in [-0.25, -0.2) is 4.39 Å². The second-order valence-electron chi connectivity index (χ2n) is 4.86. The first-order valence-corrected chi connectivity index (χ1v) is 7.79. The van der Waals surface area contributed by atoms with Crippen molar-refractivity contribution in [1.29, 1.82) is 0 Å². The zero-order valence-electron chi connectivity index (χ0n) is 13.1. The van der Waals surface area contributed by atoms with Crippen molar-refractivity contribution >= 4 is 23.5 Å². The van der Waals surface area contributed by atoms with E-state index in [0.717, 1.165) is 5.56 Å². The predicted molar refractivity (Wildman–Crippen MR) is 97.2 cm³/mol. The minimum absolute atomic E-state index is 0.178. The first-order chi connectivity index (χ1) is 11.7. The van der Waals surface area contributed by atoms with Crippen LogP contribution >= 0.6 is 12.2 Å².